The van der Waals surface area contributed by atoms with E-state index >= 15 is 0 Å². The predicted octanol–water partition coefficient (Wildman–Crippen LogP) is 3.08. The van der Waals surface area contributed by atoms with Gasteiger partial charge in [-0.05, 0) is 31.0 Å². The summed E-state index contributed by atoms with van der Waals surface area (Å²) in [7, 11) is 1.63. The van der Waals surface area contributed by atoms with E-state index in [2.05, 4.69) is 11.9 Å². The average molecular weight is 247 g/mol. The molecule has 0 aromatic heterocycles. The van der Waals surface area contributed by atoms with Gasteiger partial charge in [-0.1, -0.05) is 25.1 Å². The van der Waals surface area contributed by atoms with Gasteiger partial charge in [-0.2, -0.15) is 0 Å². The Morgan fingerprint density at radius 3 is 2.83 bits per heavy atom. The maximum atomic E-state index is 11.9. The van der Waals surface area contributed by atoms with Crippen molar-refractivity contribution in [1.29, 1.82) is 0 Å². The highest BCUT2D eigenvalue weighted by Crippen LogP contribution is 2.19. The second kappa shape index (κ2) is 6.84. The number of benzene rings is 1. The number of ether oxygens (including phenoxy) is 1. The van der Waals surface area contributed by atoms with Crippen molar-refractivity contribution in [2.45, 2.75) is 26.3 Å². The Morgan fingerprint density at radius 2 is 2.22 bits per heavy atom. The molecule has 1 N–H and O–H groups in total. The highest BCUT2D eigenvalue weighted by atomic mass is 16.5. The van der Waals surface area contributed by atoms with Gasteiger partial charge in [-0.3, -0.25) is 4.79 Å². The molecule has 1 aromatic carbocycles. The van der Waals surface area contributed by atoms with Gasteiger partial charge in [0.15, 0.2) is 0 Å². The Hall–Kier alpha value is -1.77. The molecule has 98 valence electrons. The van der Waals surface area contributed by atoms with Gasteiger partial charge in [0, 0.05) is 5.92 Å². The van der Waals surface area contributed by atoms with E-state index in [9.17, 15) is 4.79 Å². The lowest BCUT2D eigenvalue weighted by Gasteiger charge is -2.17. The van der Waals surface area contributed by atoms with E-state index in [1.807, 2.05) is 38.1 Å². The summed E-state index contributed by atoms with van der Waals surface area (Å²) in [6.07, 6.45) is 2.46. The molecular weight excluding hydrogens is 226 g/mol. The van der Waals surface area contributed by atoms with Crippen molar-refractivity contribution < 1.29 is 9.53 Å². The quantitative estimate of drug-likeness (QED) is 0.784. The fourth-order valence-electron chi connectivity index (χ4n) is 1.71. The summed E-state index contributed by atoms with van der Waals surface area (Å²) in [4.78, 5) is 11.9. The van der Waals surface area contributed by atoms with E-state index < -0.39 is 0 Å². The Kier molecular flexibility index (Phi) is 5.43. The molecule has 0 radical (unpaired) electrons. The lowest BCUT2D eigenvalue weighted by atomic mass is 10.0. The van der Waals surface area contributed by atoms with Gasteiger partial charge in [0.2, 0.25) is 5.91 Å². The van der Waals surface area contributed by atoms with E-state index in [0.717, 1.165) is 11.3 Å². The molecule has 0 heterocycles. The third-order valence-corrected chi connectivity index (χ3v) is 2.92. The third kappa shape index (κ3) is 3.91. The van der Waals surface area contributed by atoms with Gasteiger partial charge in [0.05, 0.1) is 13.2 Å². The first kappa shape index (κ1) is 14.3. The molecule has 3 heteroatoms. The number of rotatable bonds is 6. The van der Waals surface area contributed by atoms with Crippen LogP contribution in [0, 0.1) is 5.92 Å². The minimum atomic E-state index is -0.0458. The largest absolute Gasteiger partial charge is 0.497 e. The van der Waals surface area contributed by atoms with Crippen LogP contribution in [0.5, 0.6) is 5.75 Å². The van der Waals surface area contributed by atoms with E-state index in [1.165, 1.54) is 0 Å². The summed E-state index contributed by atoms with van der Waals surface area (Å²) in [6.45, 7) is 7.51. The summed E-state index contributed by atoms with van der Waals surface area (Å²) in [5.74, 6) is 0.800. The van der Waals surface area contributed by atoms with Crippen LogP contribution in [-0.2, 0) is 4.79 Å². The van der Waals surface area contributed by atoms with Gasteiger partial charge in [0.25, 0.3) is 0 Å². The molecule has 18 heavy (non-hydrogen) atoms. The first-order valence-electron chi connectivity index (χ1n) is 6.13. The maximum absolute atomic E-state index is 11.9. The highest BCUT2D eigenvalue weighted by Gasteiger charge is 2.15. The number of carbonyl (C=O) groups is 1. The molecular formula is C15H21NO2. The van der Waals surface area contributed by atoms with Gasteiger partial charge < -0.3 is 10.1 Å². The molecule has 0 saturated carbocycles. The summed E-state index contributed by atoms with van der Waals surface area (Å²) in [5.41, 5.74) is 1.04. The molecule has 0 fully saturated rings. The van der Waals surface area contributed by atoms with Crippen LogP contribution >= 0.6 is 0 Å². The highest BCUT2D eigenvalue weighted by molar-refractivity contribution is 5.78. The SMILES string of the molecule is C=CCC(C)C(=O)N[C@@H](C)c1cccc(OC)c1. The molecule has 1 aromatic rings. The van der Waals surface area contributed by atoms with Crippen LogP contribution in [0.3, 0.4) is 0 Å². The Balaban J connectivity index is 2.66. The van der Waals surface area contributed by atoms with Crippen molar-refractivity contribution in [3.63, 3.8) is 0 Å². The second-order valence-electron chi connectivity index (χ2n) is 4.43. The predicted molar refractivity (Wildman–Crippen MR) is 73.5 cm³/mol. The summed E-state index contributed by atoms with van der Waals surface area (Å²) >= 11 is 0. The standard InChI is InChI=1S/C15H21NO2/c1-5-7-11(2)15(17)16-12(3)13-8-6-9-14(10-13)18-4/h5-6,8-12H,1,7H2,2-4H3,(H,16,17)/t11?,12-/m0/s1. The third-order valence-electron chi connectivity index (χ3n) is 2.92. The lowest BCUT2D eigenvalue weighted by molar-refractivity contribution is -0.125. The van der Waals surface area contributed by atoms with Crippen molar-refractivity contribution in [1.82, 2.24) is 5.32 Å². The van der Waals surface area contributed by atoms with E-state index in [-0.39, 0.29) is 17.9 Å². The average Bonchev–Trinajstić information content (AvgIpc) is 2.39. The van der Waals surface area contributed by atoms with E-state index in [4.69, 9.17) is 4.74 Å². The van der Waals surface area contributed by atoms with Crippen molar-refractivity contribution in [3.05, 3.63) is 42.5 Å². The van der Waals surface area contributed by atoms with Crippen molar-refractivity contribution >= 4 is 5.91 Å². The van der Waals surface area contributed by atoms with Crippen LogP contribution in [0.4, 0.5) is 0 Å². The Bertz CT molecular complexity index is 415. The van der Waals surface area contributed by atoms with Gasteiger partial charge in [-0.15, -0.1) is 6.58 Å². The minimum absolute atomic E-state index is 0.0279. The summed E-state index contributed by atoms with van der Waals surface area (Å²) in [5, 5.41) is 2.99. The fraction of sp³-hybridized carbons (Fsp3) is 0.400. The Morgan fingerprint density at radius 1 is 1.50 bits per heavy atom. The first-order chi connectivity index (χ1) is 8.58. The molecule has 1 rings (SSSR count). The number of carbonyl (C=O) groups excluding carboxylic acids is 1. The molecule has 3 nitrogen and oxygen atoms in total. The molecule has 0 saturated heterocycles. The van der Waals surface area contributed by atoms with E-state index in [0.29, 0.717) is 6.42 Å². The smallest absolute Gasteiger partial charge is 0.223 e. The van der Waals surface area contributed by atoms with Crippen molar-refractivity contribution in [2.24, 2.45) is 5.92 Å². The molecule has 0 aliphatic heterocycles. The summed E-state index contributed by atoms with van der Waals surface area (Å²) < 4.78 is 5.17. The topological polar surface area (TPSA) is 38.3 Å². The van der Waals surface area contributed by atoms with Crippen LogP contribution in [0.2, 0.25) is 0 Å². The summed E-state index contributed by atoms with van der Waals surface area (Å²) in [6, 6.07) is 7.69. The molecule has 0 aliphatic carbocycles. The molecule has 1 unspecified atom stereocenters. The molecule has 0 bridgehead atoms. The fourth-order valence-corrected chi connectivity index (χ4v) is 1.71. The zero-order valence-corrected chi connectivity index (χ0v) is 11.3. The molecule has 0 spiro atoms. The van der Waals surface area contributed by atoms with Crippen LogP contribution in [-0.4, -0.2) is 13.0 Å². The zero-order chi connectivity index (χ0) is 13.5. The van der Waals surface area contributed by atoms with Crippen molar-refractivity contribution in [2.75, 3.05) is 7.11 Å². The lowest BCUT2D eigenvalue weighted by Crippen LogP contribution is -2.31. The Labute approximate surface area is 109 Å². The van der Waals surface area contributed by atoms with E-state index in [1.54, 1.807) is 13.2 Å². The normalized spacial score (nSPS) is 13.5. The van der Waals surface area contributed by atoms with Crippen LogP contribution in [0.15, 0.2) is 36.9 Å². The van der Waals surface area contributed by atoms with Gasteiger partial charge >= 0.3 is 0 Å². The number of nitrogens with one attached hydrogen (secondary N) is 1. The number of methoxy groups -OCH3 is 1. The maximum Gasteiger partial charge on any atom is 0.223 e. The second-order valence-corrected chi connectivity index (χ2v) is 4.43. The van der Waals surface area contributed by atoms with Crippen LogP contribution < -0.4 is 10.1 Å². The van der Waals surface area contributed by atoms with Crippen LogP contribution in [0.1, 0.15) is 31.9 Å². The number of amides is 1. The van der Waals surface area contributed by atoms with Gasteiger partial charge in [0.1, 0.15) is 5.75 Å². The monoisotopic (exact) mass is 247 g/mol. The van der Waals surface area contributed by atoms with Gasteiger partial charge in [-0.25, -0.2) is 0 Å². The number of hydrogen-bond donors (Lipinski definition) is 1. The minimum Gasteiger partial charge on any atom is -0.497 e. The first-order valence-corrected chi connectivity index (χ1v) is 6.13. The van der Waals surface area contributed by atoms with Crippen molar-refractivity contribution in [3.8, 4) is 5.75 Å². The number of allylic oxidation sites excluding steroid dienone is 1. The molecule has 1 amide bonds. The molecule has 2 atom stereocenters. The molecule has 0 aliphatic rings. The van der Waals surface area contributed by atoms with Crippen LogP contribution in [0.25, 0.3) is 0 Å². The number of hydrogen-bond acceptors (Lipinski definition) is 2. The zero-order valence-electron chi connectivity index (χ0n) is 11.3.